The summed E-state index contributed by atoms with van der Waals surface area (Å²) in [5, 5.41) is 8.96. The predicted molar refractivity (Wildman–Crippen MR) is 111 cm³/mol. The van der Waals surface area contributed by atoms with Gasteiger partial charge in [0.2, 0.25) is 0 Å². The van der Waals surface area contributed by atoms with Crippen LogP contribution >= 0.6 is 0 Å². The van der Waals surface area contributed by atoms with Gasteiger partial charge in [0.1, 0.15) is 12.4 Å². The van der Waals surface area contributed by atoms with Crippen molar-refractivity contribution in [1.29, 1.82) is 0 Å². The summed E-state index contributed by atoms with van der Waals surface area (Å²) in [7, 11) is 0. The number of carboxylic acids is 1. The van der Waals surface area contributed by atoms with Crippen molar-refractivity contribution in [2.75, 3.05) is 0 Å². The molecule has 3 nitrogen and oxygen atoms in total. The molecule has 0 aliphatic heterocycles. The lowest BCUT2D eigenvalue weighted by atomic mass is 9.89. The highest BCUT2D eigenvalue weighted by Gasteiger charge is 2.20. The van der Waals surface area contributed by atoms with Crippen molar-refractivity contribution in [2.24, 2.45) is 0 Å². The van der Waals surface area contributed by atoms with Gasteiger partial charge in [0.15, 0.2) is 0 Å². The standard InChI is InChI=1S/C25H24O3/c26-25(27)21-11-9-18(10-12-21)17-28-22-15-13-20(14-16-22)24-8-4-3-7-23(24)19-5-1-2-6-19/h3-4,7-16,19H,1-2,5-6,17H2,(H,26,27). The molecule has 0 bridgehead atoms. The van der Waals surface area contributed by atoms with Crippen LogP contribution < -0.4 is 4.74 Å². The second-order valence-corrected chi connectivity index (χ2v) is 7.38. The maximum Gasteiger partial charge on any atom is 0.335 e. The molecule has 3 aromatic carbocycles. The highest BCUT2D eigenvalue weighted by atomic mass is 16.5. The van der Waals surface area contributed by atoms with Crippen molar-refractivity contribution in [3.63, 3.8) is 0 Å². The van der Waals surface area contributed by atoms with Gasteiger partial charge in [-0.2, -0.15) is 0 Å². The van der Waals surface area contributed by atoms with Gasteiger partial charge in [0.05, 0.1) is 5.56 Å². The zero-order chi connectivity index (χ0) is 19.3. The van der Waals surface area contributed by atoms with Gasteiger partial charge in [0, 0.05) is 0 Å². The number of benzene rings is 3. The lowest BCUT2D eigenvalue weighted by Gasteiger charge is -2.16. The summed E-state index contributed by atoms with van der Waals surface area (Å²) in [6, 6.07) is 23.8. The second-order valence-electron chi connectivity index (χ2n) is 7.38. The molecule has 1 N–H and O–H groups in total. The highest BCUT2D eigenvalue weighted by Crippen LogP contribution is 2.39. The molecule has 0 saturated heterocycles. The van der Waals surface area contributed by atoms with Crippen LogP contribution in [0.4, 0.5) is 0 Å². The van der Waals surface area contributed by atoms with Crippen LogP contribution in [0.2, 0.25) is 0 Å². The second kappa shape index (κ2) is 8.30. The summed E-state index contributed by atoms with van der Waals surface area (Å²) in [6.07, 6.45) is 5.25. The summed E-state index contributed by atoms with van der Waals surface area (Å²) in [5.74, 6) is 0.575. The molecule has 0 atom stereocenters. The molecule has 0 amide bonds. The number of ether oxygens (including phenoxy) is 1. The van der Waals surface area contributed by atoms with Crippen LogP contribution in [0.25, 0.3) is 11.1 Å². The molecule has 0 unspecified atom stereocenters. The van der Waals surface area contributed by atoms with E-state index < -0.39 is 5.97 Å². The highest BCUT2D eigenvalue weighted by molar-refractivity contribution is 5.87. The molecule has 3 heteroatoms. The average molecular weight is 372 g/mol. The third-order valence-corrected chi connectivity index (χ3v) is 5.53. The largest absolute Gasteiger partial charge is 0.489 e. The zero-order valence-corrected chi connectivity index (χ0v) is 15.8. The van der Waals surface area contributed by atoms with Gasteiger partial charge in [-0.3, -0.25) is 0 Å². The minimum Gasteiger partial charge on any atom is -0.489 e. The summed E-state index contributed by atoms with van der Waals surface area (Å²) < 4.78 is 5.87. The fraction of sp³-hybridized carbons (Fsp3) is 0.240. The van der Waals surface area contributed by atoms with Crippen LogP contribution in [0.1, 0.15) is 53.1 Å². The Morgan fingerprint density at radius 2 is 1.57 bits per heavy atom. The fourth-order valence-electron chi connectivity index (χ4n) is 3.99. The summed E-state index contributed by atoms with van der Waals surface area (Å²) >= 11 is 0. The van der Waals surface area contributed by atoms with Crippen LogP contribution in [0.3, 0.4) is 0 Å². The lowest BCUT2D eigenvalue weighted by molar-refractivity contribution is 0.0697. The Labute approximate surface area is 165 Å². The minimum atomic E-state index is -0.916. The molecule has 1 fully saturated rings. The van der Waals surface area contributed by atoms with E-state index in [1.165, 1.54) is 42.4 Å². The molecule has 28 heavy (non-hydrogen) atoms. The van der Waals surface area contributed by atoms with Gasteiger partial charge >= 0.3 is 5.97 Å². The monoisotopic (exact) mass is 372 g/mol. The Morgan fingerprint density at radius 3 is 2.25 bits per heavy atom. The SMILES string of the molecule is O=C(O)c1ccc(COc2ccc(-c3ccccc3C3CCCC3)cc2)cc1. The number of hydrogen-bond donors (Lipinski definition) is 1. The van der Waals surface area contributed by atoms with Crippen LogP contribution in [-0.2, 0) is 6.61 Å². The summed E-state index contributed by atoms with van der Waals surface area (Å²) in [4.78, 5) is 10.9. The van der Waals surface area contributed by atoms with Crippen molar-refractivity contribution < 1.29 is 14.6 Å². The first-order valence-corrected chi connectivity index (χ1v) is 9.85. The van der Waals surface area contributed by atoms with E-state index in [0.717, 1.165) is 11.3 Å². The predicted octanol–water partition coefficient (Wildman–Crippen LogP) is 6.29. The van der Waals surface area contributed by atoms with E-state index in [-0.39, 0.29) is 5.56 Å². The van der Waals surface area contributed by atoms with Crippen LogP contribution in [-0.4, -0.2) is 11.1 Å². The Balaban J connectivity index is 1.45. The van der Waals surface area contributed by atoms with E-state index in [4.69, 9.17) is 9.84 Å². The third-order valence-electron chi connectivity index (χ3n) is 5.53. The Hall–Kier alpha value is -3.07. The van der Waals surface area contributed by atoms with E-state index in [2.05, 4.69) is 36.4 Å². The number of carboxylic acid groups (broad SMARTS) is 1. The van der Waals surface area contributed by atoms with Gasteiger partial charge in [-0.25, -0.2) is 4.79 Å². The number of rotatable bonds is 6. The van der Waals surface area contributed by atoms with Crippen LogP contribution in [0, 0.1) is 0 Å². The first-order chi connectivity index (χ1) is 13.7. The summed E-state index contributed by atoms with van der Waals surface area (Å²) in [5.41, 5.74) is 5.24. The normalized spacial score (nSPS) is 14.1. The first-order valence-electron chi connectivity index (χ1n) is 9.85. The van der Waals surface area contributed by atoms with Crippen molar-refractivity contribution in [2.45, 2.75) is 38.2 Å². The maximum absolute atomic E-state index is 10.9. The molecule has 0 spiro atoms. The molecule has 3 aromatic rings. The minimum absolute atomic E-state index is 0.286. The quantitative estimate of drug-likeness (QED) is 0.553. The lowest BCUT2D eigenvalue weighted by Crippen LogP contribution is -1.99. The van der Waals surface area contributed by atoms with Gasteiger partial charge in [0.25, 0.3) is 0 Å². The van der Waals surface area contributed by atoms with Crippen molar-refractivity contribution in [1.82, 2.24) is 0 Å². The Bertz CT molecular complexity index is 936. The van der Waals surface area contributed by atoms with E-state index >= 15 is 0 Å². The van der Waals surface area contributed by atoms with Gasteiger partial charge < -0.3 is 9.84 Å². The molecule has 0 heterocycles. The molecule has 1 aliphatic rings. The van der Waals surface area contributed by atoms with Crippen molar-refractivity contribution >= 4 is 5.97 Å². The molecule has 0 aromatic heterocycles. The van der Waals surface area contributed by atoms with Gasteiger partial charge in [-0.1, -0.05) is 61.4 Å². The molecule has 1 saturated carbocycles. The molecule has 4 rings (SSSR count). The molecule has 1 aliphatic carbocycles. The van der Waals surface area contributed by atoms with Crippen LogP contribution in [0.15, 0.2) is 72.8 Å². The van der Waals surface area contributed by atoms with Gasteiger partial charge in [-0.05, 0) is 65.3 Å². The fourth-order valence-corrected chi connectivity index (χ4v) is 3.99. The van der Waals surface area contributed by atoms with Crippen molar-refractivity contribution in [3.05, 3.63) is 89.5 Å². The smallest absolute Gasteiger partial charge is 0.335 e. The van der Waals surface area contributed by atoms with Crippen LogP contribution in [0.5, 0.6) is 5.75 Å². The summed E-state index contributed by atoms with van der Waals surface area (Å²) in [6.45, 7) is 0.415. The Kier molecular flexibility index (Phi) is 5.43. The third kappa shape index (κ3) is 4.09. The van der Waals surface area contributed by atoms with E-state index in [1.54, 1.807) is 24.3 Å². The number of aromatic carboxylic acids is 1. The molecular formula is C25H24O3. The van der Waals surface area contributed by atoms with Gasteiger partial charge in [-0.15, -0.1) is 0 Å². The average Bonchev–Trinajstić information content (AvgIpc) is 3.28. The Morgan fingerprint density at radius 1 is 0.893 bits per heavy atom. The molecule has 142 valence electrons. The van der Waals surface area contributed by atoms with Crippen molar-refractivity contribution in [3.8, 4) is 16.9 Å². The first kappa shape index (κ1) is 18.3. The molecular weight excluding hydrogens is 348 g/mol. The zero-order valence-electron chi connectivity index (χ0n) is 15.8. The molecule has 0 radical (unpaired) electrons. The van der Waals surface area contributed by atoms with E-state index in [9.17, 15) is 4.79 Å². The topological polar surface area (TPSA) is 46.5 Å². The number of hydrogen-bond acceptors (Lipinski definition) is 2. The number of carbonyl (C=O) groups is 1. The van der Waals surface area contributed by atoms with E-state index in [0.29, 0.717) is 12.5 Å². The maximum atomic E-state index is 10.9. The van der Waals surface area contributed by atoms with E-state index in [1.807, 2.05) is 12.1 Å².